The normalized spacial score (nSPS) is 13.2. The van der Waals surface area contributed by atoms with Gasteiger partial charge in [0.05, 0.1) is 19.2 Å². The average Bonchev–Trinajstić information content (AvgIpc) is 2.77. The van der Waals surface area contributed by atoms with Gasteiger partial charge < -0.3 is 4.74 Å². The maximum atomic E-state index is 8.86. The molecule has 18 heavy (non-hydrogen) atoms. The van der Waals surface area contributed by atoms with Gasteiger partial charge in [-0.05, 0) is 30.7 Å². The quantitative estimate of drug-likeness (QED) is 0.784. The Balaban J connectivity index is 2.20. The molecule has 0 fully saturated rings. The van der Waals surface area contributed by atoms with Gasteiger partial charge in [0.25, 0.3) is 0 Å². The van der Waals surface area contributed by atoms with Crippen LogP contribution in [0.5, 0.6) is 5.75 Å². The summed E-state index contributed by atoms with van der Waals surface area (Å²) in [7, 11) is 0. The van der Waals surface area contributed by atoms with E-state index in [2.05, 4.69) is 46.0 Å². The van der Waals surface area contributed by atoms with Crippen molar-refractivity contribution in [2.45, 2.75) is 26.3 Å². The fraction of sp³-hybridized carbons (Fsp3) is 0.500. The van der Waals surface area contributed by atoms with Crippen LogP contribution in [0.1, 0.15) is 24.5 Å². The van der Waals surface area contributed by atoms with Crippen molar-refractivity contribution >= 4 is 15.9 Å². The molecule has 3 nitrogen and oxygen atoms in total. The molecule has 0 atom stereocenters. The largest absolute Gasteiger partial charge is 0.493 e. The molecule has 0 spiro atoms. The first-order valence-corrected chi connectivity index (χ1v) is 7.07. The summed E-state index contributed by atoms with van der Waals surface area (Å²) < 4.78 is 6.80. The molecule has 0 aromatic heterocycles. The zero-order valence-corrected chi connectivity index (χ0v) is 12.2. The molecule has 0 saturated heterocycles. The van der Waals surface area contributed by atoms with Crippen LogP contribution in [-0.2, 0) is 13.0 Å². The van der Waals surface area contributed by atoms with Crippen molar-refractivity contribution in [1.82, 2.24) is 4.90 Å². The lowest BCUT2D eigenvalue weighted by Gasteiger charge is -2.19. The van der Waals surface area contributed by atoms with E-state index in [-0.39, 0.29) is 0 Å². The van der Waals surface area contributed by atoms with Crippen molar-refractivity contribution in [2.24, 2.45) is 0 Å². The molecule has 0 amide bonds. The second kappa shape index (κ2) is 6.21. The summed E-state index contributed by atoms with van der Waals surface area (Å²) in [6.45, 7) is 5.09. The predicted molar refractivity (Wildman–Crippen MR) is 74.5 cm³/mol. The Hall–Kier alpha value is -1.05. The summed E-state index contributed by atoms with van der Waals surface area (Å²) in [6, 6.07) is 6.46. The van der Waals surface area contributed by atoms with Gasteiger partial charge in [0.15, 0.2) is 0 Å². The van der Waals surface area contributed by atoms with E-state index in [1.807, 2.05) is 0 Å². The lowest BCUT2D eigenvalue weighted by Crippen LogP contribution is -2.24. The van der Waals surface area contributed by atoms with Gasteiger partial charge in [0, 0.05) is 23.0 Å². The highest BCUT2D eigenvalue weighted by atomic mass is 79.9. The van der Waals surface area contributed by atoms with Crippen LogP contribution in [0.2, 0.25) is 0 Å². The molecule has 96 valence electrons. The second-order valence-electron chi connectivity index (χ2n) is 4.52. The van der Waals surface area contributed by atoms with Crippen molar-refractivity contribution in [3.63, 3.8) is 0 Å². The number of hydrogen-bond acceptors (Lipinski definition) is 3. The maximum Gasteiger partial charge on any atom is 0.127 e. The Morgan fingerprint density at radius 1 is 1.50 bits per heavy atom. The van der Waals surface area contributed by atoms with E-state index in [4.69, 9.17) is 10.00 Å². The molecule has 1 heterocycles. The molecule has 0 saturated carbocycles. The van der Waals surface area contributed by atoms with Gasteiger partial charge in [-0.3, -0.25) is 4.90 Å². The van der Waals surface area contributed by atoms with Crippen LogP contribution in [-0.4, -0.2) is 24.6 Å². The molecule has 1 aliphatic rings. The first-order valence-electron chi connectivity index (χ1n) is 6.28. The summed E-state index contributed by atoms with van der Waals surface area (Å²) in [6.07, 6.45) is 2.03. The Morgan fingerprint density at radius 2 is 2.33 bits per heavy atom. The van der Waals surface area contributed by atoms with E-state index in [9.17, 15) is 0 Å². The number of halogens is 1. The molecular weight excluding hydrogens is 292 g/mol. The summed E-state index contributed by atoms with van der Waals surface area (Å²) in [5.74, 6) is 1.03. The fourth-order valence-electron chi connectivity index (χ4n) is 2.33. The van der Waals surface area contributed by atoms with Crippen LogP contribution >= 0.6 is 15.9 Å². The van der Waals surface area contributed by atoms with Crippen LogP contribution in [0, 0.1) is 11.3 Å². The van der Waals surface area contributed by atoms with E-state index in [1.165, 1.54) is 11.1 Å². The topological polar surface area (TPSA) is 36.3 Å². The van der Waals surface area contributed by atoms with Crippen molar-refractivity contribution in [3.05, 3.63) is 27.7 Å². The third-order valence-electron chi connectivity index (χ3n) is 3.05. The summed E-state index contributed by atoms with van der Waals surface area (Å²) >= 11 is 3.54. The SMILES string of the molecule is CCCN(CC#N)Cc1cc(Br)cc2c1OCC2. The van der Waals surface area contributed by atoms with E-state index in [1.54, 1.807) is 0 Å². The predicted octanol–water partition coefficient (Wildman–Crippen LogP) is 3.12. The number of rotatable bonds is 5. The van der Waals surface area contributed by atoms with Crippen LogP contribution in [0.4, 0.5) is 0 Å². The fourth-order valence-corrected chi connectivity index (χ4v) is 2.89. The van der Waals surface area contributed by atoms with Gasteiger partial charge >= 0.3 is 0 Å². The van der Waals surface area contributed by atoms with Crippen molar-refractivity contribution in [1.29, 1.82) is 5.26 Å². The third kappa shape index (κ3) is 3.04. The monoisotopic (exact) mass is 308 g/mol. The van der Waals surface area contributed by atoms with Gasteiger partial charge in [-0.15, -0.1) is 0 Å². The van der Waals surface area contributed by atoms with Crippen molar-refractivity contribution in [2.75, 3.05) is 19.7 Å². The molecule has 0 radical (unpaired) electrons. The Morgan fingerprint density at radius 3 is 3.06 bits per heavy atom. The first-order chi connectivity index (χ1) is 8.74. The minimum atomic E-state index is 0.467. The molecule has 2 rings (SSSR count). The van der Waals surface area contributed by atoms with E-state index in [0.717, 1.165) is 42.8 Å². The highest BCUT2D eigenvalue weighted by Gasteiger charge is 2.18. The van der Waals surface area contributed by atoms with E-state index < -0.39 is 0 Å². The van der Waals surface area contributed by atoms with E-state index in [0.29, 0.717) is 6.54 Å². The Kier molecular flexibility index (Phi) is 4.62. The zero-order chi connectivity index (χ0) is 13.0. The lowest BCUT2D eigenvalue weighted by atomic mass is 10.1. The van der Waals surface area contributed by atoms with Crippen molar-refractivity contribution in [3.8, 4) is 11.8 Å². The summed E-state index contributed by atoms with van der Waals surface area (Å²) in [5, 5.41) is 8.86. The van der Waals surface area contributed by atoms with Crippen LogP contribution in [0.25, 0.3) is 0 Å². The zero-order valence-electron chi connectivity index (χ0n) is 10.6. The van der Waals surface area contributed by atoms with E-state index >= 15 is 0 Å². The highest BCUT2D eigenvalue weighted by Crippen LogP contribution is 2.33. The number of nitrogens with zero attached hydrogens (tertiary/aromatic N) is 2. The first kappa shape index (κ1) is 13.4. The molecule has 0 aliphatic carbocycles. The third-order valence-corrected chi connectivity index (χ3v) is 3.51. The van der Waals surface area contributed by atoms with Gasteiger partial charge in [-0.2, -0.15) is 5.26 Å². The highest BCUT2D eigenvalue weighted by molar-refractivity contribution is 9.10. The summed E-state index contributed by atoms with van der Waals surface area (Å²) in [5.41, 5.74) is 2.45. The molecular formula is C14H17BrN2O. The molecule has 0 N–H and O–H groups in total. The average molecular weight is 309 g/mol. The van der Waals surface area contributed by atoms with Crippen LogP contribution in [0.15, 0.2) is 16.6 Å². The summed E-state index contributed by atoms with van der Waals surface area (Å²) in [4.78, 5) is 2.16. The molecule has 1 aromatic rings. The number of nitriles is 1. The standard InChI is InChI=1S/C14H17BrN2O/c1-2-5-17(6-4-16)10-12-9-13(15)8-11-3-7-18-14(11)12/h8-9H,2-3,5-7,10H2,1H3. The Labute approximate surface area is 116 Å². The molecule has 0 bridgehead atoms. The number of benzene rings is 1. The minimum absolute atomic E-state index is 0.467. The van der Waals surface area contributed by atoms with Gasteiger partial charge in [-0.25, -0.2) is 0 Å². The minimum Gasteiger partial charge on any atom is -0.493 e. The number of fused-ring (bicyclic) bond motifs is 1. The van der Waals surface area contributed by atoms with Gasteiger partial charge in [0.1, 0.15) is 5.75 Å². The second-order valence-corrected chi connectivity index (χ2v) is 5.44. The lowest BCUT2D eigenvalue weighted by molar-refractivity contribution is 0.288. The Bertz CT molecular complexity index is 468. The maximum absolute atomic E-state index is 8.86. The number of hydrogen-bond donors (Lipinski definition) is 0. The molecule has 4 heteroatoms. The van der Waals surface area contributed by atoms with Crippen molar-refractivity contribution < 1.29 is 4.74 Å². The smallest absolute Gasteiger partial charge is 0.127 e. The van der Waals surface area contributed by atoms with Crippen LogP contribution in [0.3, 0.4) is 0 Å². The van der Waals surface area contributed by atoms with Gasteiger partial charge in [0.2, 0.25) is 0 Å². The van der Waals surface area contributed by atoms with Gasteiger partial charge in [-0.1, -0.05) is 22.9 Å². The van der Waals surface area contributed by atoms with Crippen LogP contribution < -0.4 is 4.74 Å². The molecule has 0 unspecified atom stereocenters. The number of ether oxygens (including phenoxy) is 1. The molecule has 1 aromatic carbocycles. The molecule has 1 aliphatic heterocycles.